The van der Waals surface area contributed by atoms with Gasteiger partial charge in [-0.15, -0.1) is 0 Å². The second kappa shape index (κ2) is 15.8. The van der Waals surface area contributed by atoms with E-state index < -0.39 is 28.5 Å². The summed E-state index contributed by atoms with van der Waals surface area (Å²) in [6.45, 7) is 1.72. The predicted molar refractivity (Wildman–Crippen MR) is 171 cm³/mol. The second-order valence-corrected chi connectivity index (χ2v) is 12.6. The van der Waals surface area contributed by atoms with Crippen LogP contribution in [0.15, 0.2) is 66.7 Å². The average Bonchev–Trinajstić information content (AvgIpc) is 2.98. The van der Waals surface area contributed by atoms with Gasteiger partial charge < -0.3 is 19.7 Å². The van der Waals surface area contributed by atoms with Gasteiger partial charge >= 0.3 is 0 Å². The molecule has 0 aliphatic carbocycles. The lowest BCUT2D eigenvalue weighted by Gasteiger charge is -2.34. The summed E-state index contributed by atoms with van der Waals surface area (Å²) in [4.78, 5) is 29.3. The van der Waals surface area contributed by atoms with E-state index in [1.54, 1.807) is 24.3 Å². The van der Waals surface area contributed by atoms with Crippen LogP contribution in [-0.2, 0) is 32.6 Å². The van der Waals surface area contributed by atoms with Crippen molar-refractivity contribution in [2.24, 2.45) is 0 Å². The number of carbonyl (C=O) groups is 2. The molecular formula is C31H37Cl2N3O6S. The maximum atomic E-state index is 14.2. The summed E-state index contributed by atoms with van der Waals surface area (Å²) in [6.07, 6.45) is 2.82. The number of carbonyl (C=O) groups excluding carboxylic acids is 2. The van der Waals surface area contributed by atoms with E-state index in [0.29, 0.717) is 27.9 Å². The lowest BCUT2D eigenvalue weighted by atomic mass is 10.0. The Morgan fingerprint density at radius 2 is 1.58 bits per heavy atom. The highest BCUT2D eigenvalue weighted by Crippen LogP contribution is 2.33. The monoisotopic (exact) mass is 649 g/mol. The number of sulfonamides is 1. The first kappa shape index (κ1) is 34.0. The number of nitrogens with one attached hydrogen (secondary N) is 1. The third-order valence-electron chi connectivity index (χ3n) is 6.83. The fourth-order valence-corrected chi connectivity index (χ4v) is 5.87. The van der Waals surface area contributed by atoms with E-state index in [4.69, 9.17) is 32.7 Å². The van der Waals surface area contributed by atoms with Gasteiger partial charge in [-0.1, -0.05) is 72.9 Å². The van der Waals surface area contributed by atoms with E-state index in [1.807, 2.05) is 37.3 Å². The summed E-state index contributed by atoms with van der Waals surface area (Å²) in [6, 6.07) is 17.8. The number of benzene rings is 3. The minimum atomic E-state index is -3.97. The summed E-state index contributed by atoms with van der Waals surface area (Å²) >= 11 is 13.0. The van der Waals surface area contributed by atoms with Crippen molar-refractivity contribution in [1.29, 1.82) is 0 Å². The van der Waals surface area contributed by atoms with Gasteiger partial charge in [-0.3, -0.25) is 13.9 Å². The number of methoxy groups -OCH3 is 2. The first-order valence-electron chi connectivity index (χ1n) is 13.7. The zero-order chi connectivity index (χ0) is 31.6. The molecule has 0 bridgehead atoms. The molecule has 0 saturated carbocycles. The number of rotatable bonds is 15. The van der Waals surface area contributed by atoms with Crippen molar-refractivity contribution in [3.05, 3.63) is 87.9 Å². The molecule has 2 amide bonds. The summed E-state index contributed by atoms with van der Waals surface area (Å²) in [5.74, 6) is -0.306. The lowest BCUT2D eigenvalue weighted by Crippen LogP contribution is -2.53. The second-order valence-electron chi connectivity index (χ2n) is 9.88. The number of hydrogen-bond donors (Lipinski definition) is 1. The number of amides is 2. The fraction of sp³-hybridized carbons (Fsp3) is 0.355. The van der Waals surface area contributed by atoms with Gasteiger partial charge in [-0.25, -0.2) is 8.42 Å². The maximum Gasteiger partial charge on any atom is 0.244 e. The minimum Gasteiger partial charge on any atom is -0.493 e. The van der Waals surface area contributed by atoms with Crippen molar-refractivity contribution < 1.29 is 27.5 Å². The zero-order valence-electron chi connectivity index (χ0n) is 24.7. The van der Waals surface area contributed by atoms with Gasteiger partial charge in [-0.05, 0) is 36.2 Å². The molecule has 12 heteroatoms. The van der Waals surface area contributed by atoms with Crippen LogP contribution in [0.2, 0.25) is 10.0 Å². The van der Waals surface area contributed by atoms with Crippen LogP contribution in [0.1, 0.15) is 30.9 Å². The van der Waals surface area contributed by atoms with Crippen molar-refractivity contribution in [2.75, 3.05) is 37.9 Å². The van der Waals surface area contributed by atoms with Crippen molar-refractivity contribution in [3.8, 4) is 11.5 Å². The molecule has 0 unspecified atom stereocenters. The van der Waals surface area contributed by atoms with Crippen LogP contribution < -0.4 is 19.1 Å². The largest absolute Gasteiger partial charge is 0.493 e. The Balaban J connectivity index is 2.10. The molecule has 0 heterocycles. The Morgan fingerprint density at radius 3 is 2.16 bits per heavy atom. The SMILES string of the molecule is CCCCNC(=O)[C@H](Cc1ccccc1)N(Cc1c(Cl)cccc1Cl)C(=O)CN(c1ccc(OC)c(OC)c1)S(C)(=O)=O. The quantitative estimate of drug-likeness (QED) is 0.223. The highest BCUT2D eigenvalue weighted by molar-refractivity contribution is 7.92. The average molecular weight is 651 g/mol. The maximum absolute atomic E-state index is 14.2. The predicted octanol–water partition coefficient (Wildman–Crippen LogP) is 5.33. The van der Waals surface area contributed by atoms with E-state index in [-0.39, 0.29) is 30.3 Å². The number of nitrogens with zero attached hydrogens (tertiary/aromatic N) is 2. The molecule has 0 aliphatic heterocycles. The molecule has 0 aromatic heterocycles. The van der Waals surface area contributed by atoms with Crippen LogP contribution in [0.25, 0.3) is 0 Å². The number of hydrogen-bond acceptors (Lipinski definition) is 6. The first-order valence-corrected chi connectivity index (χ1v) is 16.3. The summed E-state index contributed by atoms with van der Waals surface area (Å²) in [5.41, 5.74) is 1.45. The number of halogens is 2. The van der Waals surface area contributed by atoms with E-state index in [9.17, 15) is 18.0 Å². The Kier molecular flexibility index (Phi) is 12.5. The zero-order valence-corrected chi connectivity index (χ0v) is 27.0. The fourth-order valence-electron chi connectivity index (χ4n) is 4.51. The molecule has 1 atom stereocenters. The van der Waals surface area contributed by atoms with Gasteiger partial charge in [0.2, 0.25) is 21.8 Å². The summed E-state index contributed by atoms with van der Waals surface area (Å²) in [7, 11) is -1.07. The Bertz CT molecular complexity index is 1480. The van der Waals surface area contributed by atoms with Crippen LogP contribution in [0, 0.1) is 0 Å². The molecule has 232 valence electrons. The summed E-state index contributed by atoms with van der Waals surface area (Å²) < 4.78 is 37.7. The van der Waals surface area contributed by atoms with E-state index in [2.05, 4.69) is 5.32 Å². The van der Waals surface area contributed by atoms with Gasteiger partial charge in [-0.2, -0.15) is 0 Å². The normalized spacial score (nSPS) is 11.9. The van der Waals surface area contributed by atoms with Gasteiger partial charge in [0.1, 0.15) is 12.6 Å². The molecule has 0 aliphatic rings. The van der Waals surface area contributed by atoms with Gasteiger partial charge in [0.05, 0.1) is 26.2 Å². The van der Waals surface area contributed by atoms with Crippen molar-refractivity contribution in [2.45, 2.75) is 38.8 Å². The van der Waals surface area contributed by atoms with Crippen LogP contribution >= 0.6 is 23.2 Å². The van der Waals surface area contributed by atoms with E-state index >= 15 is 0 Å². The van der Waals surface area contributed by atoms with Crippen LogP contribution in [0.4, 0.5) is 5.69 Å². The molecule has 0 radical (unpaired) electrons. The number of ether oxygens (including phenoxy) is 2. The molecule has 1 N–H and O–H groups in total. The van der Waals surface area contributed by atoms with Crippen LogP contribution in [0.3, 0.4) is 0 Å². The molecule has 0 spiro atoms. The molecule has 0 saturated heterocycles. The number of anilines is 1. The van der Waals surface area contributed by atoms with E-state index in [0.717, 1.165) is 29.0 Å². The van der Waals surface area contributed by atoms with Gasteiger partial charge in [0.15, 0.2) is 11.5 Å². The molecular weight excluding hydrogens is 613 g/mol. The molecule has 0 fully saturated rings. The molecule has 3 aromatic carbocycles. The number of unbranched alkanes of at least 4 members (excludes halogenated alkanes) is 1. The molecule has 43 heavy (non-hydrogen) atoms. The van der Waals surface area contributed by atoms with Crippen molar-refractivity contribution in [3.63, 3.8) is 0 Å². The van der Waals surface area contributed by atoms with E-state index in [1.165, 1.54) is 31.3 Å². The Labute approximate surface area is 263 Å². The Hall–Kier alpha value is -3.47. The third kappa shape index (κ3) is 9.26. The summed E-state index contributed by atoms with van der Waals surface area (Å²) in [5, 5.41) is 3.57. The topological polar surface area (TPSA) is 105 Å². The van der Waals surface area contributed by atoms with Crippen LogP contribution in [0.5, 0.6) is 11.5 Å². The standard InChI is InChI=1S/C31H37Cl2N3O6S/c1-5-6-17-34-31(38)27(18-22-11-8-7-9-12-22)35(20-24-25(32)13-10-14-26(24)33)30(37)21-36(43(4,39)40)23-15-16-28(41-2)29(19-23)42-3/h7-16,19,27H,5-6,17-18,20-21H2,1-4H3,(H,34,38)/t27-/m0/s1. The van der Waals surface area contributed by atoms with Gasteiger partial charge in [0, 0.05) is 41.2 Å². The molecule has 3 aromatic rings. The highest BCUT2D eigenvalue weighted by atomic mass is 35.5. The molecule has 3 rings (SSSR count). The lowest BCUT2D eigenvalue weighted by molar-refractivity contribution is -0.140. The highest BCUT2D eigenvalue weighted by Gasteiger charge is 2.34. The van der Waals surface area contributed by atoms with Crippen LogP contribution in [-0.4, -0.2) is 64.7 Å². The molecule has 9 nitrogen and oxygen atoms in total. The van der Waals surface area contributed by atoms with Crippen molar-refractivity contribution in [1.82, 2.24) is 10.2 Å². The minimum absolute atomic E-state index is 0.125. The van der Waals surface area contributed by atoms with Gasteiger partial charge in [0.25, 0.3) is 0 Å². The first-order chi connectivity index (χ1) is 20.5. The third-order valence-corrected chi connectivity index (χ3v) is 8.67. The smallest absolute Gasteiger partial charge is 0.244 e. The Morgan fingerprint density at radius 1 is 0.930 bits per heavy atom. The van der Waals surface area contributed by atoms with Crippen molar-refractivity contribution >= 4 is 50.7 Å².